The summed E-state index contributed by atoms with van der Waals surface area (Å²) in [4.78, 5) is 2.27. The van der Waals surface area contributed by atoms with Crippen molar-refractivity contribution in [2.24, 2.45) is 0 Å². The van der Waals surface area contributed by atoms with Crippen LogP contribution in [0.15, 0.2) is 40.9 Å². The molecule has 26 heavy (non-hydrogen) atoms. The van der Waals surface area contributed by atoms with Crippen LogP contribution in [0.4, 0.5) is 5.69 Å². The van der Waals surface area contributed by atoms with Gasteiger partial charge >= 0.3 is 0 Å². The van der Waals surface area contributed by atoms with Crippen molar-refractivity contribution in [2.75, 3.05) is 32.2 Å². The average Bonchev–Trinajstić information content (AvgIpc) is 2.67. The van der Waals surface area contributed by atoms with Crippen LogP contribution in [0, 0.1) is 11.3 Å². The van der Waals surface area contributed by atoms with Gasteiger partial charge in [-0.1, -0.05) is 6.07 Å². The number of nitriles is 1. The van der Waals surface area contributed by atoms with Crippen LogP contribution in [0.5, 0.6) is 11.5 Å². The number of methoxy groups -OCH3 is 2. The van der Waals surface area contributed by atoms with Gasteiger partial charge in [0.25, 0.3) is 0 Å². The molecule has 0 saturated carbocycles. The van der Waals surface area contributed by atoms with Crippen molar-refractivity contribution in [1.29, 1.82) is 5.26 Å². The second kappa shape index (κ2) is 9.30. The van der Waals surface area contributed by atoms with Crippen LogP contribution in [0.1, 0.15) is 25.0 Å². The second-order valence-electron chi connectivity index (χ2n) is 5.62. The fourth-order valence-corrected chi connectivity index (χ4v) is 3.43. The number of rotatable bonds is 7. The normalized spacial score (nSPS) is 11.0. The molecule has 0 radical (unpaired) electrons. The Hall–Kier alpha value is -2.45. The maximum atomic E-state index is 9.61. The van der Waals surface area contributed by atoms with Gasteiger partial charge in [-0.3, -0.25) is 0 Å². The van der Waals surface area contributed by atoms with E-state index in [2.05, 4.69) is 46.8 Å². The fourth-order valence-electron chi connectivity index (χ4n) is 2.78. The van der Waals surface area contributed by atoms with Crippen LogP contribution >= 0.6 is 15.9 Å². The first-order valence-electron chi connectivity index (χ1n) is 8.46. The Morgan fingerprint density at radius 3 is 2.31 bits per heavy atom. The summed E-state index contributed by atoms with van der Waals surface area (Å²) in [6.45, 7) is 6.15. The Balaban J connectivity index is 2.41. The summed E-state index contributed by atoms with van der Waals surface area (Å²) in [5, 5.41) is 9.61. The molecule has 0 heterocycles. The average molecular weight is 415 g/mol. The monoisotopic (exact) mass is 414 g/mol. The molecule has 0 fully saturated rings. The smallest absolute Gasteiger partial charge is 0.161 e. The van der Waals surface area contributed by atoms with E-state index in [1.165, 1.54) is 0 Å². The second-order valence-corrected chi connectivity index (χ2v) is 6.48. The Kier molecular flexibility index (Phi) is 7.11. The number of anilines is 1. The third-order valence-corrected chi connectivity index (χ3v) is 4.84. The number of hydrogen-bond acceptors (Lipinski definition) is 4. The molecule has 0 N–H and O–H groups in total. The molecule has 0 atom stereocenters. The van der Waals surface area contributed by atoms with E-state index in [-0.39, 0.29) is 0 Å². The third kappa shape index (κ3) is 4.39. The molecular formula is C21H23BrN2O2. The maximum absolute atomic E-state index is 9.61. The van der Waals surface area contributed by atoms with E-state index < -0.39 is 0 Å². The summed E-state index contributed by atoms with van der Waals surface area (Å²) < 4.78 is 11.6. The molecular weight excluding hydrogens is 392 g/mol. The molecule has 2 aromatic carbocycles. The number of benzene rings is 2. The highest BCUT2D eigenvalue weighted by atomic mass is 79.9. The Morgan fingerprint density at radius 1 is 1.08 bits per heavy atom. The van der Waals surface area contributed by atoms with E-state index in [1.807, 2.05) is 30.3 Å². The number of hydrogen-bond donors (Lipinski definition) is 0. The molecule has 0 unspecified atom stereocenters. The van der Waals surface area contributed by atoms with Gasteiger partial charge in [-0.15, -0.1) is 0 Å². The molecule has 2 aromatic rings. The van der Waals surface area contributed by atoms with Crippen LogP contribution in [-0.4, -0.2) is 27.3 Å². The minimum Gasteiger partial charge on any atom is -0.493 e. The van der Waals surface area contributed by atoms with E-state index in [1.54, 1.807) is 20.3 Å². The van der Waals surface area contributed by atoms with Gasteiger partial charge in [-0.25, -0.2) is 0 Å². The highest BCUT2D eigenvalue weighted by Gasteiger charge is 2.10. The summed E-state index contributed by atoms with van der Waals surface area (Å²) in [6.07, 6.45) is 1.87. The Bertz CT molecular complexity index is 836. The van der Waals surface area contributed by atoms with Gasteiger partial charge in [0.15, 0.2) is 11.5 Å². The minimum atomic E-state index is 0.563. The maximum Gasteiger partial charge on any atom is 0.161 e. The number of ether oxygens (including phenoxy) is 2. The first-order valence-corrected chi connectivity index (χ1v) is 9.25. The highest BCUT2D eigenvalue weighted by molar-refractivity contribution is 9.10. The fraction of sp³-hybridized carbons (Fsp3) is 0.286. The SMILES string of the molecule is CCN(CC)c1ccc(/C=C(\C#N)c2ccc(OC)c(OC)c2)cc1Br. The van der Waals surface area contributed by atoms with Crippen molar-refractivity contribution in [3.8, 4) is 17.6 Å². The molecule has 0 amide bonds. The topological polar surface area (TPSA) is 45.5 Å². The van der Waals surface area contributed by atoms with Crippen molar-refractivity contribution in [2.45, 2.75) is 13.8 Å². The van der Waals surface area contributed by atoms with Crippen LogP contribution in [0.2, 0.25) is 0 Å². The van der Waals surface area contributed by atoms with Gasteiger partial charge in [-0.2, -0.15) is 5.26 Å². The van der Waals surface area contributed by atoms with Gasteiger partial charge in [0.05, 0.1) is 31.5 Å². The Labute approximate surface area is 163 Å². The quantitative estimate of drug-likeness (QED) is 0.450. The predicted octanol–water partition coefficient (Wildman–Crippen LogP) is 5.38. The summed E-state index contributed by atoms with van der Waals surface area (Å²) in [6, 6.07) is 13.9. The summed E-state index contributed by atoms with van der Waals surface area (Å²) in [7, 11) is 3.17. The molecule has 136 valence electrons. The number of nitrogens with zero attached hydrogens (tertiary/aromatic N) is 2. The molecule has 5 heteroatoms. The van der Waals surface area contributed by atoms with Crippen molar-refractivity contribution < 1.29 is 9.47 Å². The largest absolute Gasteiger partial charge is 0.493 e. The molecule has 0 spiro atoms. The van der Waals surface area contributed by atoms with Crippen LogP contribution in [0.25, 0.3) is 11.6 Å². The molecule has 0 aliphatic heterocycles. The molecule has 0 bridgehead atoms. The van der Waals surface area contributed by atoms with Gasteiger partial charge in [0.2, 0.25) is 0 Å². The van der Waals surface area contributed by atoms with E-state index in [9.17, 15) is 5.26 Å². The van der Waals surface area contributed by atoms with Crippen LogP contribution < -0.4 is 14.4 Å². The standard InChI is InChI=1S/C21H23BrN2O2/c1-5-24(6-2)19-9-7-15(12-18(19)22)11-17(14-23)16-8-10-20(25-3)21(13-16)26-4/h7-13H,5-6H2,1-4H3/b17-11+. The van der Waals surface area contributed by atoms with Gasteiger partial charge in [-0.05, 0) is 77.3 Å². The molecule has 2 rings (SSSR count). The van der Waals surface area contributed by atoms with Gasteiger partial charge < -0.3 is 14.4 Å². The lowest BCUT2D eigenvalue weighted by Gasteiger charge is -2.22. The summed E-state index contributed by atoms with van der Waals surface area (Å²) in [5.41, 5.74) is 3.46. The van der Waals surface area contributed by atoms with Crippen molar-refractivity contribution >= 4 is 33.3 Å². The lowest BCUT2D eigenvalue weighted by Crippen LogP contribution is -2.22. The first kappa shape index (κ1) is 19.9. The zero-order valence-corrected chi connectivity index (χ0v) is 17.1. The summed E-state index contributed by atoms with van der Waals surface area (Å²) >= 11 is 3.65. The first-order chi connectivity index (χ1) is 12.6. The molecule has 0 aliphatic rings. The molecule has 0 aliphatic carbocycles. The molecule has 0 aromatic heterocycles. The van der Waals surface area contributed by atoms with Crippen LogP contribution in [-0.2, 0) is 0 Å². The number of allylic oxidation sites excluding steroid dienone is 1. The predicted molar refractivity (Wildman–Crippen MR) is 111 cm³/mol. The van der Waals surface area contributed by atoms with Gasteiger partial charge in [0, 0.05) is 17.6 Å². The van der Waals surface area contributed by atoms with E-state index in [0.29, 0.717) is 17.1 Å². The van der Waals surface area contributed by atoms with Crippen molar-refractivity contribution in [3.63, 3.8) is 0 Å². The van der Waals surface area contributed by atoms with E-state index in [4.69, 9.17) is 9.47 Å². The van der Waals surface area contributed by atoms with Gasteiger partial charge in [0.1, 0.15) is 0 Å². The lowest BCUT2D eigenvalue weighted by molar-refractivity contribution is 0.355. The van der Waals surface area contributed by atoms with E-state index in [0.717, 1.165) is 34.4 Å². The molecule has 0 saturated heterocycles. The third-order valence-electron chi connectivity index (χ3n) is 4.20. The zero-order valence-electron chi connectivity index (χ0n) is 15.5. The minimum absolute atomic E-state index is 0.563. The highest BCUT2D eigenvalue weighted by Crippen LogP contribution is 2.32. The molecule has 4 nitrogen and oxygen atoms in total. The van der Waals surface area contributed by atoms with Crippen molar-refractivity contribution in [3.05, 3.63) is 52.0 Å². The lowest BCUT2D eigenvalue weighted by atomic mass is 10.0. The summed E-state index contributed by atoms with van der Waals surface area (Å²) in [5.74, 6) is 1.24. The van der Waals surface area contributed by atoms with Crippen LogP contribution in [0.3, 0.4) is 0 Å². The Morgan fingerprint density at radius 2 is 1.77 bits per heavy atom. The zero-order chi connectivity index (χ0) is 19.1. The van der Waals surface area contributed by atoms with Crippen molar-refractivity contribution in [1.82, 2.24) is 0 Å². The van der Waals surface area contributed by atoms with E-state index >= 15 is 0 Å². The number of halogens is 1.